The summed E-state index contributed by atoms with van der Waals surface area (Å²) in [4.78, 5) is 38.2. The van der Waals surface area contributed by atoms with Gasteiger partial charge in [0.15, 0.2) is 0 Å². The Morgan fingerprint density at radius 1 is 1.13 bits per heavy atom. The molecule has 2 amide bonds. The Labute approximate surface area is 135 Å². The van der Waals surface area contributed by atoms with Crippen molar-refractivity contribution in [2.45, 2.75) is 33.1 Å². The normalized spacial score (nSPS) is 27.0. The second kappa shape index (κ2) is 6.14. The van der Waals surface area contributed by atoms with Gasteiger partial charge in [-0.05, 0) is 56.4 Å². The van der Waals surface area contributed by atoms with E-state index in [1.54, 1.807) is 31.2 Å². The highest BCUT2D eigenvalue weighted by Crippen LogP contribution is 2.42. The molecule has 0 aromatic heterocycles. The molecule has 0 bridgehead atoms. The van der Waals surface area contributed by atoms with Crippen molar-refractivity contribution in [2.24, 2.45) is 17.8 Å². The number of hydrogen-bond acceptors (Lipinski definition) is 4. The van der Waals surface area contributed by atoms with Gasteiger partial charge in [-0.3, -0.25) is 14.5 Å². The van der Waals surface area contributed by atoms with Gasteiger partial charge in [-0.2, -0.15) is 0 Å². The second-order valence-electron chi connectivity index (χ2n) is 6.41. The van der Waals surface area contributed by atoms with Crippen LogP contribution in [0.1, 0.15) is 43.5 Å². The summed E-state index contributed by atoms with van der Waals surface area (Å²) in [5.74, 6) is -0.481. The summed E-state index contributed by atoms with van der Waals surface area (Å²) in [6.45, 7) is 4.19. The average Bonchev–Trinajstić information content (AvgIpc) is 2.79. The van der Waals surface area contributed by atoms with Crippen LogP contribution >= 0.6 is 0 Å². The molecule has 0 N–H and O–H groups in total. The van der Waals surface area contributed by atoms with E-state index >= 15 is 0 Å². The van der Waals surface area contributed by atoms with Gasteiger partial charge in [0.2, 0.25) is 11.8 Å². The van der Waals surface area contributed by atoms with Crippen molar-refractivity contribution in [3.63, 3.8) is 0 Å². The first-order valence-electron chi connectivity index (χ1n) is 8.18. The Balaban J connectivity index is 1.83. The van der Waals surface area contributed by atoms with E-state index in [1.165, 1.54) is 4.90 Å². The fraction of sp³-hybridized carbons (Fsp3) is 0.500. The molecule has 1 heterocycles. The summed E-state index contributed by atoms with van der Waals surface area (Å²) in [7, 11) is 0. The molecule has 1 aromatic carbocycles. The maximum Gasteiger partial charge on any atom is 0.338 e. The van der Waals surface area contributed by atoms with Crippen LogP contribution in [-0.2, 0) is 14.3 Å². The zero-order chi connectivity index (χ0) is 16.6. The monoisotopic (exact) mass is 315 g/mol. The maximum absolute atomic E-state index is 12.6. The Morgan fingerprint density at radius 3 is 2.43 bits per heavy atom. The van der Waals surface area contributed by atoms with Gasteiger partial charge in [-0.25, -0.2) is 4.79 Å². The minimum Gasteiger partial charge on any atom is -0.462 e. The Bertz CT molecular complexity index is 637. The van der Waals surface area contributed by atoms with Crippen molar-refractivity contribution in [2.75, 3.05) is 11.5 Å². The van der Waals surface area contributed by atoms with Gasteiger partial charge in [0.1, 0.15) is 0 Å². The topological polar surface area (TPSA) is 63.7 Å². The number of rotatable bonds is 3. The van der Waals surface area contributed by atoms with Gasteiger partial charge in [0.25, 0.3) is 0 Å². The summed E-state index contributed by atoms with van der Waals surface area (Å²) in [6, 6.07) is 6.47. The molecule has 0 unspecified atom stereocenters. The van der Waals surface area contributed by atoms with Crippen LogP contribution in [0.25, 0.3) is 0 Å². The molecule has 1 saturated carbocycles. The molecule has 122 valence electrons. The fourth-order valence-corrected chi connectivity index (χ4v) is 3.61. The Hall–Kier alpha value is -2.17. The van der Waals surface area contributed by atoms with Crippen LogP contribution in [-0.4, -0.2) is 24.4 Å². The predicted octanol–water partition coefficient (Wildman–Crippen LogP) is 2.79. The molecular formula is C18H21NO4. The number of fused-ring (bicyclic) bond motifs is 1. The zero-order valence-electron chi connectivity index (χ0n) is 13.5. The smallest absolute Gasteiger partial charge is 0.338 e. The summed E-state index contributed by atoms with van der Waals surface area (Å²) < 4.78 is 4.94. The lowest BCUT2D eigenvalue weighted by atomic mass is 9.76. The summed E-state index contributed by atoms with van der Waals surface area (Å²) >= 11 is 0. The van der Waals surface area contributed by atoms with E-state index in [-0.39, 0.29) is 23.7 Å². The first-order valence-corrected chi connectivity index (χ1v) is 8.18. The van der Waals surface area contributed by atoms with E-state index in [9.17, 15) is 14.4 Å². The van der Waals surface area contributed by atoms with Crippen LogP contribution < -0.4 is 4.90 Å². The quantitative estimate of drug-likeness (QED) is 0.635. The number of benzene rings is 1. The predicted molar refractivity (Wildman–Crippen MR) is 84.9 cm³/mol. The van der Waals surface area contributed by atoms with Crippen LogP contribution in [0.15, 0.2) is 24.3 Å². The van der Waals surface area contributed by atoms with Gasteiger partial charge in [0, 0.05) is 0 Å². The zero-order valence-corrected chi connectivity index (χ0v) is 13.5. The third-order valence-corrected chi connectivity index (χ3v) is 4.82. The van der Waals surface area contributed by atoms with Gasteiger partial charge >= 0.3 is 5.97 Å². The van der Waals surface area contributed by atoms with E-state index < -0.39 is 5.97 Å². The molecule has 1 aromatic rings. The SMILES string of the molecule is CCOC(=O)c1ccc(N2C(=O)[C@@H]3CC[C@H](C)C[C@H]3C2=O)cc1. The number of carbonyl (C=O) groups excluding carboxylic acids is 3. The number of carbonyl (C=O) groups is 3. The van der Waals surface area contributed by atoms with Gasteiger partial charge in [0.05, 0.1) is 29.7 Å². The van der Waals surface area contributed by atoms with Crippen molar-refractivity contribution in [1.29, 1.82) is 0 Å². The molecule has 3 atom stereocenters. The lowest BCUT2D eigenvalue weighted by Gasteiger charge is -2.25. The molecule has 1 aliphatic heterocycles. The van der Waals surface area contributed by atoms with Crippen LogP contribution in [0.2, 0.25) is 0 Å². The van der Waals surface area contributed by atoms with Crippen molar-refractivity contribution in [1.82, 2.24) is 0 Å². The van der Waals surface area contributed by atoms with Crippen LogP contribution in [0.5, 0.6) is 0 Å². The molecule has 1 aliphatic carbocycles. The molecule has 0 radical (unpaired) electrons. The fourth-order valence-electron chi connectivity index (χ4n) is 3.61. The number of esters is 1. The third kappa shape index (κ3) is 2.76. The molecule has 2 fully saturated rings. The Kier molecular flexibility index (Phi) is 4.20. The maximum atomic E-state index is 12.6. The van der Waals surface area contributed by atoms with Crippen molar-refractivity contribution < 1.29 is 19.1 Å². The number of nitrogens with zero attached hydrogens (tertiary/aromatic N) is 1. The van der Waals surface area contributed by atoms with Crippen molar-refractivity contribution >= 4 is 23.5 Å². The van der Waals surface area contributed by atoms with E-state index in [2.05, 4.69) is 6.92 Å². The van der Waals surface area contributed by atoms with Crippen LogP contribution in [0.4, 0.5) is 5.69 Å². The molecule has 1 saturated heterocycles. The molecular weight excluding hydrogens is 294 g/mol. The third-order valence-electron chi connectivity index (χ3n) is 4.82. The number of imide groups is 1. The van der Waals surface area contributed by atoms with Gasteiger partial charge in [-0.1, -0.05) is 6.92 Å². The highest BCUT2D eigenvalue weighted by molar-refractivity contribution is 6.22. The van der Waals surface area contributed by atoms with E-state index in [0.717, 1.165) is 19.3 Å². The minimum atomic E-state index is -0.402. The number of anilines is 1. The molecule has 2 aliphatic rings. The summed E-state index contributed by atoms with van der Waals surface area (Å²) in [5.41, 5.74) is 0.954. The summed E-state index contributed by atoms with van der Waals surface area (Å²) in [5, 5.41) is 0. The van der Waals surface area contributed by atoms with Gasteiger partial charge in [-0.15, -0.1) is 0 Å². The highest BCUT2D eigenvalue weighted by Gasteiger charge is 2.49. The standard InChI is InChI=1S/C18H21NO4/c1-3-23-18(22)12-5-7-13(8-6-12)19-16(20)14-9-4-11(2)10-15(14)17(19)21/h5-8,11,14-15H,3-4,9-10H2,1-2H3/t11-,14+,15+/m0/s1. The van der Waals surface area contributed by atoms with Crippen molar-refractivity contribution in [3.8, 4) is 0 Å². The van der Waals surface area contributed by atoms with Crippen LogP contribution in [0, 0.1) is 17.8 Å². The molecule has 3 rings (SSSR count). The number of hydrogen-bond donors (Lipinski definition) is 0. The molecule has 5 nitrogen and oxygen atoms in total. The van der Waals surface area contributed by atoms with Crippen LogP contribution in [0.3, 0.4) is 0 Å². The molecule has 0 spiro atoms. The Morgan fingerprint density at radius 2 is 1.78 bits per heavy atom. The first kappa shape index (κ1) is 15.7. The largest absolute Gasteiger partial charge is 0.462 e. The minimum absolute atomic E-state index is 0.101. The number of ether oxygens (including phenoxy) is 1. The lowest BCUT2D eigenvalue weighted by molar-refractivity contribution is -0.122. The van der Waals surface area contributed by atoms with Gasteiger partial charge < -0.3 is 4.74 Å². The van der Waals surface area contributed by atoms with E-state index in [1.807, 2.05) is 0 Å². The second-order valence-corrected chi connectivity index (χ2v) is 6.41. The lowest BCUT2D eigenvalue weighted by Crippen LogP contribution is -2.30. The van der Waals surface area contributed by atoms with Crippen molar-refractivity contribution in [3.05, 3.63) is 29.8 Å². The molecule has 23 heavy (non-hydrogen) atoms. The molecule has 5 heteroatoms. The average molecular weight is 315 g/mol. The summed E-state index contributed by atoms with van der Waals surface area (Å²) in [6.07, 6.45) is 2.57. The van der Waals surface area contributed by atoms with E-state index in [4.69, 9.17) is 4.74 Å². The first-order chi connectivity index (χ1) is 11.0. The highest BCUT2D eigenvalue weighted by atomic mass is 16.5. The number of amides is 2. The van der Waals surface area contributed by atoms with E-state index in [0.29, 0.717) is 23.8 Å².